The number of halogens is 1. The van der Waals surface area contributed by atoms with Gasteiger partial charge in [0.05, 0.1) is 19.1 Å². The average molecular weight is 227 g/mol. The second kappa shape index (κ2) is 4.75. The number of hydrogen-bond acceptors (Lipinski definition) is 3. The second-order valence-electron chi connectivity index (χ2n) is 3.43. The maximum absolute atomic E-state index is 11.9. The summed E-state index contributed by atoms with van der Waals surface area (Å²) in [5, 5.41) is 0.627. The monoisotopic (exact) mass is 226 g/mol. The fourth-order valence-corrected chi connectivity index (χ4v) is 1.62. The third kappa shape index (κ3) is 2.56. The van der Waals surface area contributed by atoms with Gasteiger partial charge < -0.3 is 9.47 Å². The predicted molar refractivity (Wildman–Crippen MR) is 56.0 cm³/mol. The Bertz CT molecular complexity index is 341. The number of Topliss-reactive ketones (excluding diaryl/α,β-unsaturated/α-hetero) is 1. The van der Waals surface area contributed by atoms with E-state index in [4.69, 9.17) is 21.1 Å². The van der Waals surface area contributed by atoms with Crippen LogP contribution in [0.1, 0.15) is 10.4 Å². The van der Waals surface area contributed by atoms with Crippen LogP contribution in [0.3, 0.4) is 0 Å². The van der Waals surface area contributed by atoms with E-state index in [-0.39, 0.29) is 18.5 Å². The van der Waals surface area contributed by atoms with Gasteiger partial charge in [-0.25, -0.2) is 0 Å². The number of benzene rings is 1. The zero-order valence-electron chi connectivity index (χ0n) is 8.11. The molecule has 3 nitrogen and oxygen atoms in total. The molecule has 0 radical (unpaired) electrons. The highest BCUT2D eigenvalue weighted by molar-refractivity contribution is 6.30. The fraction of sp³-hybridized carbons (Fsp3) is 0.364. The van der Waals surface area contributed by atoms with E-state index in [1.807, 2.05) is 0 Å². The highest BCUT2D eigenvalue weighted by Crippen LogP contribution is 2.16. The molecule has 0 N–H and O–H groups in total. The van der Waals surface area contributed by atoms with Gasteiger partial charge in [0.2, 0.25) is 0 Å². The molecule has 1 heterocycles. The van der Waals surface area contributed by atoms with Crippen molar-refractivity contribution in [1.82, 2.24) is 0 Å². The molecule has 0 bridgehead atoms. The zero-order chi connectivity index (χ0) is 10.7. The molecular formula is C11H11ClO3. The fourth-order valence-electron chi connectivity index (χ4n) is 1.49. The summed E-state index contributed by atoms with van der Waals surface area (Å²) in [6.07, 6.45) is 0. The number of hydrogen-bond donors (Lipinski definition) is 0. The van der Waals surface area contributed by atoms with Gasteiger partial charge in [-0.1, -0.05) is 11.6 Å². The third-order valence-electron chi connectivity index (χ3n) is 2.30. The lowest BCUT2D eigenvalue weighted by Gasteiger charge is -2.21. The summed E-state index contributed by atoms with van der Waals surface area (Å²) in [6, 6.07) is 6.86. The summed E-state index contributed by atoms with van der Waals surface area (Å²) in [4.78, 5) is 11.9. The maximum atomic E-state index is 11.9. The van der Waals surface area contributed by atoms with Gasteiger partial charge in [0.15, 0.2) is 5.78 Å². The lowest BCUT2D eigenvalue weighted by atomic mass is 9.99. The van der Waals surface area contributed by atoms with Gasteiger partial charge in [-0.2, -0.15) is 0 Å². The largest absolute Gasteiger partial charge is 0.355 e. The Morgan fingerprint density at radius 2 is 1.80 bits per heavy atom. The van der Waals surface area contributed by atoms with Crippen LogP contribution >= 0.6 is 11.6 Å². The first-order valence-electron chi connectivity index (χ1n) is 4.72. The van der Waals surface area contributed by atoms with E-state index >= 15 is 0 Å². The standard InChI is InChI=1S/C11H11ClO3/c12-10-3-1-8(2-4-10)11(13)9-5-14-7-15-6-9/h1-4,9H,5-7H2. The van der Waals surface area contributed by atoms with Crippen LogP contribution in [0.2, 0.25) is 5.02 Å². The number of rotatable bonds is 2. The molecular weight excluding hydrogens is 216 g/mol. The van der Waals surface area contributed by atoms with Crippen molar-refractivity contribution in [3.05, 3.63) is 34.9 Å². The molecule has 1 aliphatic heterocycles. The van der Waals surface area contributed by atoms with Crippen molar-refractivity contribution in [1.29, 1.82) is 0 Å². The minimum atomic E-state index is -0.195. The van der Waals surface area contributed by atoms with E-state index < -0.39 is 0 Å². The molecule has 4 heteroatoms. The van der Waals surface area contributed by atoms with Crippen molar-refractivity contribution in [2.45, 2.75) is 0 Å². The van der Waals surface area contributed by atoms with Crippen molar-refractivity contribution >= 4 is 17.4 Å². The van der Waals surface area contributed by atoms with E-state index in [1.54, 1.807) is 24.3 Å². The molecule has 15 heavy (non-hydrogen) atoms. The first-order valence-corrected chi connectivity index (χ1v) is 5.10. The molecule has 1 aromatic carbocycles. The Balaban J connectivity index is 2.09. The Labute approximate surface area is 92.9 Å². The normalized spacial score (nSPS) is 17.7. The molecule has 0 spiro atoms. The lowest BCUT2D eigenvalue weighted by molar-refractivity contribution is -0.116. The van der Waals surface area contributed by atoms with Crippen LogP contribution in [0.4, 0.5) is 0 Å². The van der Waals surface area contributed by atoms with Crippen LogP contribution in [-0.2, 0) is 9.47 Å². The molecule has 0 saturated carbocycles. The summed E-state index contributed by atoms with van der Waals surface area (Å²) < 4.78 is 10.2. The number of ether oxygens (including phenoxy) is 2. The molecule has 2 rings (SSSR count). The Morgan fingerprint density at radius 1 is 1.20 bits per heavy atom. The second-order valence-corrected chi connectivity index (χ2v) is 3.86. The van der Waals surface area contributed by atoms with Crippen molar-refractivity contribution < 1.29 is 14.3 Å². The van der Waals surface area contributed by atoms with Crippen molar-refractivity contribution in [3.63, 3.8) is 0 Å². The Hall–Kier alpha value is -0.900. The summed E-state index contributed by atoms with van der Waals surface area (Å²) in [7, 11) is 0. The smallest absolute Gasteiger partial charge is 0.170 e. The summed E-state index contributed by atoms with van der Waals surface area (Å²) in [5.74, 6) is -0.147. The molecule has 0 aliphatic carbocycles. The molecule has 0 unspecified atom stereocenters. The summed E-state index contributed by atoms with van der Waals surface area (Å²) in [6.45, 7) is 1.15. The molecule has 0 amide bonds. The van der Waals surface area contributed by atoms with E-state index in [0.29, 0.717) is 23.8 Å². The summed E-state index contributed by atoms with van der Waals surface area (Å²) in [5.41, 5.74) is 0.651. The van der Waals surface area contributed by atoms with Gasteiger partial charge in [-0.15, -0.1) is 0 Å². The first-order chi connectivity index (χ1) is 7.27. The van der Waals surface area contributed by atoms with Gasteiger partial charge in [0, 0.05) is 10.6 Å². The highest BCUT2D eigenvalue weighted by Gasteiger charge is 2.23. The molecule has 1 saturated heterocycles. The number of carbonyl (C=O) groups excluding carboxylic acids is 1. The minimum absolute atomic E-state index is 0.0476. The molecule has 0 aromatic heterocycles. The van der Waals surface area contributed by atoms with E-state index in [1.165, 1.54) is 0 Å². The maximum Gasteiger partial charge on any atom is 0.170 e. The van der Waals surface area contributed by atoms with Gasteiger partial charge in [0.1, 0.15) is 6.79 Å². The van der Waals surface area contributed by atoms with Crippen molar-refractivity contribution in [2.24, 2.45) is 5.92 Å². The lowest BCUT2D eigenvalue weighted by Crippen LogP contribution is -2.30. The highest BCUT2D eigenvalue weighted by atomic mass is 35.5. The Kier molecular flexibility index (Phi) is 3.36. The molecule has 1 aromatic rings. The van der Waals surface area contributed by atoms with E-state index in [2.05, 4.69) is 0 Å². The van der Waals surface area contributed by atoms with Crippen LogP contribution in [-0.4, -0.2) is 25.8 Å². The summed E-state index contributed by atoms with van der Waals surface area (Å²) >= 11 is 5.74. The third-order valence-corrected chi connectivity index (χ3v) is 2.56. The van der Waals surface area contributed by atoms with Gasteiger partial charge >= 0.3 is 0 Å². The van der Waals surface area contributed by atoms with Crippen molar-refractivity contribution in [3.8, 4) is 0 Å². The zero-order valence-corrected chi connectivity index (χ0v) is 8.87. The van der Waals surface area contributed by atoms with Crippen LogP contribution in [0.25, 0.3) is 0 Å². The molecule has 80 valence electrons. The quantitative estimate of drug-likeness (QED) is 0.725. The van der Waals surface area contributed by atoms with E-state index in [0.717, 1.165) is 0 Å². The molecule has 1 aliphatic rings. The topological polar surface area (TPSA) is 35.5 Å². The van der Waals surface area contributed by atoms with Gasteiger partial charge in [0.25, 0.3) is 0 Å². The van der Waals surface area contributed by atoms with Crippen molar-refractivity contribution in [2.75, 3.05) is 20.0 Å². The van der Waals surface area contributed by atoms with Gasteiger partial charge in [-0.05, 0) is 24.3 Å². The van der Waals surface area contributed by atoms with Crippen LogP contribution in [0.15, 0.2) is 24.3 Å². The number of ketones is 1. The first kappa shape index (κ1) is 10.6. The average Bonchev–Trinajstić information content (AvgIpc) is 2.30. The molecule has 1 fully saturated rings. The molecule has 0 atom stereocenters. The van der Waals surface area contributed by atoms with Gasteiger partial charge in [-0.3, -0.25) is 4.79 Å². The van der Waals surface area contributed by atoms with Crippen LogP contribution in [0, 0.1) is 5.92 Å². The Morgan fingerprint density at radius 3 is 2.40 bits per heavy atom. The van der Waals surface area contributed by atoms with Crippen LogP contribution in [0.5, 0.6) is 0 Å². The number of carbonyl (C=O) groups is 1. The minimum Gasteiger partial charge on any atom is -0.355 e. The SMILES string of the molecule is O=C(c1ccc(Cl)cc1)C1COCOC1. The van der Waals surface area contributed by atoms with Crippen LogP contribution < -0.4 is 0 Å². The predicted octanol–water partition coefficient (Wildman–Crippen LogP) is 2.14. The van der Waals surface area contributed by atoms with E-state index in [9.17, 15) is 4.79 Å².